The molecule has 0 fully saturated rings. The third-order valence-corrected chi connectivity index (χ3v) is 5.68. The molecule has 0 saturated heterocycles. The highest BCUT2D eigenvalue weighted by Crippen LogP contribution is 2.25. The highest BCUT2D eigenvalue weighted by molar-refractivity contribution is 7.90. The Morgan fingerprint density at radius 3 is 2.09 bits per heavy atom. The van der Waals surface area contributed by atoms with Gasteiger partial charge in [0.05, 0.1) is 44.0 Å². The lowest BCUT2D eigenvalue weighted by Crippen LogP contribution is -2.44. The monoisotopic (exact) mass is 563 g/mol. The fourth-order valence-electron chi connectivity index (χ4n) is 2.50. The number of hydrogen-bond donors (Lipinski definition) is 1. The number of methoxy groups -OCH3 is 1. The molecule has 0 saturated carbocycles. The van der Waals surface area contributed by atoms with Crippen LogP contribution in [0.4, 0.5) is 9.18 Å². The minimum Gasteiger partial charge on any atom is -0.422 e. The van der Waals surface area contributed by atoms with Gasteiger partial charge < -0.3 is 24.3 Å². The molecule has 1 amide bonds. The Morgan fingerprint density at radius 1 is 1.00 bits per heavy atom. The van der Waals surface area contributed by atoms with Gasteiger partial charge in [0.2, 0.25) is 0 Å². The zero-order chi connectivity index (χ0) is 26.3. The van der Waals surface area contributed by atoms with Crippen LogP contribution in [-0.2, 0) is 43.4 Å². The lowest BCUT2D eigenvalue weighted by Gasteiger charge is -2.26. The Bertz CT molecular complexity index is 873. The summed E-state index contributed by atoms with van der Waals surface area (Å²) in [6.45, 7) is 0.279. The first kappa shape index (κ1) is 31.3. The van der Waals surface area contributed by atoms with Crippen LogP contribution >= 0.6 is 23.2 Å². The van der Waals surface area contributed by atoms with Crippen LogP contribution in [0.2, 0.25) is 0 Å². The number of alkyl halides is 3. The third-order valence-electron chi connectivity index (χ3n) is 4.16. The normalized spacial score (nSPS) is 13.3. The zero-order valence-electron chi connectivity index (χ0n) is 19.1. The van der Waals surface area contributed by atoms with E-state index in [-0.39, 0.29) is 30.3 Å². The Labute approximate surface area is 212 Å². The summed E-state index contributed by atoms with van der Waals surface area (Å²) in [5.74, 6) is -0.926. The summed E-state index contributed by atoms with van der Waals surface area (Å²) in [6, 6.07) is 3.65. The van der Waals surface area contributed by atoms with Gasteiger partial charge in [-0.2, -0.15) is 4.89 Å². The van der Waals surface area contributed by atoms with E-state index in [9.17, 15) is 22.4 Å². The number of rotatable bonds is 17. The number of nitrogens with one attached hydrogen (secondary N) is 1. The van der Waals surface area contributed by atoms with Crippen molar-refractivity contribution in [2.45, 2.75) is 21.9 Å². The van der Waals surface area contributed by atoms with Crippen LogP contribution in [0.1, 0.15) is 11.7 Å². The zero-order valence-corrected chi connectivity index (χ0v) is 21.4. The molecule has 0 heterocycles. The maximum atomic E-state index is 13.8. The number of hydrogen-bond acceptors (Lipinski definition) is 10. The summed E-state index contributed by atoms with van der Waals surface area (Å²) in [7, 11) is -1.95. The lowest BCUT2D eigenvalue weighted by molar-refractivity contribution is -0.264. The largest absolute Gasteiger partial charge is 0.541 e. The molecule has 0 aliphatic rings. The number of amides is 1. The standard InChI is InChI=1S/C20H28Cl2FNO10S/c1-29-7-8-30-9-10-31-11-12-32-34-20(26)33-17(16(13-23)24-19(25)18(21)22)14-3-5-15(6-4-14)35(2,27)28/h3-6,16-18H,7-13H2,1-2H3,(H,24,25). The van der Waals surface area contributed by atoms with Gasteiger partial charge in [-0.25, -0.2) is 17.6 Å². The van der Waals surface area contributed by atoms with Crippen molar-refractivity contribution in [2.75, 3.05) is 59.7 Å². The van der Waals surface area contributed by atoms with Crippen molar-refractivity contribution in [1.82, 2.24) is 5.32 Å². The van der Waals surface area contributed by atoms with Crippen LogP contribution in [-0.4, -0.2) is 91.0 Å². The highest BCUT2D eigenvalue weighted by atomic mass is 35.5. The van der Waals surface area contributed by atoms with E-state index >= 15 is 0 Å². The van der Waals surface area contributed by atoms with Gasteiger partial charge in [0, 0.05) is 13.4 Å². The van der Waals surface area contributed by atoms with Gasteiger partial charge >= 0.3 is 6.16 Å². The summed E-state index contributed by atoms with van der Waals surface area (Å²) in [4.78, 5) is 31.6. The Kier molecular flexibility index (Phi) is 15.1. The predicted molar refractivity (Wildman–Crippen MR) is 123 cm³/mol. The highest BCUT2D eigenvalue weighted by Gasteiger charge is 2.31. The summed E-state index contributed by atoms with van der Waals surface area (Å²) in [5, 5.41) is 2.21. The Morgan fingerprint density at radius 2 is 1.57 bits per heavy atom. The molecule has 2 atom stereocenters. The summed E-state index contributed by atoms with van der Waals surface area (Å²) < 4.78 is 57.5. The minimum absolute atomic E-state index is 0.0163. The van der Waals surface area contributed by atoms with Crippen molar-refractivity contribution in [3.8, 4) is 0 Å². The molecule has 15 heteroatoms. The van der Waals surface area contributed by atoms with E-state index in [0.717, 1.165) is 6.26 Å². The summed E-state index contributed by atoms with van der Waals surface area (Å²) >= 11 is 11.0. The van der Waals surface area contributed by atoms with Crippen molar-refractivity contribution in [1.29, 1.82) is 0 Å². The van der Waals surface area contributed by atoms with Crippen molar-refractivity contribution in [2.24, 2.45) is 0 Å². The third kappa shape index (κ3) is 12.7. The first-order valence-corrected chi connectivity index (χ1v) is 13.0. The maximum absolute atomic E-state index is 13.8. The van der Waals surface area contributed by atoms with Crippen LogP contribution in [0.25, 0.3) is 0 Å². The quantitative estimate of drug-likeness (QED) is 0.0986. The van der Waals surface area contributed by atoms with Crippen molar-refractivity contribution in [3.05, 3.63) is 29.8 Å². The molecular formula is C20H28Cl2FNO10S. The first-order valence-electron chi connectivity index (χ1n) is 10.2. The van der Waals surface area contributed by atoms with Gasteiger partial charge in [0.25, 0.3) is 5.91 Å². The Balaban J connectivity index is 2.69. The second kappa shape index (κ2) is 16.8. The van der Waals surface area contributed by atoms with Crippen molar-refractivity contribution in [3.63, 3.8) is 0 Å². The number of ether oxygens (including phenoxy) is 4. The number of sulfone groups is 1. The van der Waals surface area contributed by atoms with E-state index in [2.05, 4.69) is 10.2 Å². The van der Waals surface area contributed by atoms with Crippen LogP contribution in [0.15, 0.2) is 29.2 Å². The van der Waals surface area contributed by atoms with Crippen LogP contribution in [0.5, 0.6) is 0 Å². The molecule has 1 N–H and O–H groups in total. The van der Waals surface area contributed by atoms with Gasteiger partial charge in [-0.1, -0.05) is 35.3 Å². The summed E-state index contributed by atoms with van der Waals surface area (Å²) in [6.07, 6.45) is -1.76. The predicted octanol–water partition coefficient (Wildman–Crippen LogP) is 2.15. The van der Waals surface area contributed by atoms with Gasteiger partial charge in [-0.3, -0.25) is 9.68 Å². The molecule has 1 aromatic rings. The SMILES string of the molecule is COCCOCCOCCOOC(=O)OC(c1ccc(S(C)(=O)=O)cc1)C(CF)NC(=O)C(Cl)Cl. The van der Waals surface area contributed by atoms with Gasteiger partial charge in [0.1, 0.15) is 13.3 Å². The number of carbonyl (C=O) groups excluding carboxylic acids is 2. The molecule has 1 rings (SSSR count). The number of benzene rings is 1. The fourth-order valence-corrected chi connectivity index (χ4v) is 3.25. The van der Waals surface area contributed by atoms with Crippen LogP contribution in [0.3, 0.4) is 0 Å². The molecular weight excluding hydrogens is 536 g/mol. The van der Waals surface area contributed by atoms with Crippen molar-refractivity contribution < 1.29 is 51.1 Å². The molecule has 1 aromatic carbocycles. The van der Waals surface area contributed by atoms with E-state index in [4.69, 9.17) is 47.0 Å². The molecule has 200 valence electrons. The molecule has 35 heavy (non-hydrogen) atoms. The van der Waals surface area contributed by atoms with E-state index in [1.807, 2.05) is 0 Å². The second-order valence-corrected chi connectivity index (χ2v) is 9.93. The van der Waals surface area contributed by atoms with Gasteiger partial charge in [0.15, 0.2) is 20.8 Å². The molecule has 0 spiro atoms. The maximum Gasteiger partial charge on any atom is 0.541 e. The molecule has 2 unspecified atom stereocenters. The smallest absolute Gasteiger partial charge is 0.422 e. The molecule has 0 aromatic heterocycles. The van der Waals surface area contributed by atoms with E-state index in [0.29, 0.717) is 19.8 Å². The van der Waals surface area contributed by atoms with Gasteiger partial charge in [-0.15, -0.1) is 0 Å². The van der Waals surface area contributed by atoms with Crippen LogP contribution < -0.4 is 5.32 Å². The Hall–Kier alpha value is -1.74. The minimum atomic E-state index is -3.51. The molecule has 11 nitrogen and oxygen atoms in total. The molecule has 0 bridgehead atoms. The average Bonchev–Trinajstić information content (AvgIpc) is 2.81. The number of carbonyl (C=O) groups is 2. The van der Waals surface area contributed by atoms with Gasteiger partial charge in [-0.05, 0) is 17.7 Å². The number of halogens is 3. The summed E-state index contributed by atoms with van der Waals surface area (Å²) in [5.41, 5.74) is 0.162. The van der Waals surface area contributed by atoms with E-state index < -0.39 is 45.6 Å². The topological polar surface area (TPSA) is 136 Å². The first-order chi connectivity index (χ1) is 16.6. The average molecular weight is 564 g/mol. The fraction of sp³-hybridized carbons (Fsp3) is 0.600. The lowest BCUT2D eigenvalue weighted by atomic mass is 10.0. The molecule has 0 radical (unpaired) electrons. The second-order valence-electron chi connectivity index (χ2n) is 6.82. The molecule has 0 aliphatic heterocycles. The van der Waals surface area contributed by atoms with Crippen molar-refractivity contribution >= 4 is 45.1 Å². The van der Waals surface area contributed by atoms with E-state index in [1.165, 1.54) is 24.3 Å². The molecule has 0 aliphatic carbocycles. The van der Waals surface area contributed by atoms with E-state index in [1.54, 1.807) is 7.11 Å². The van der Waals surface area contributed by atoms with Crippen LogP contribution in [0, 0.1) is 0 Å².